The van der Waals surface area contributed by atoms with Gasteiger partial charge in [-0.05, 0) is 24.6 Å². The zero-order chi connectivity index (χ0) is 13.0. The van der Waals surface area contributed by atoms with Crippen molar-refractivity contribution in [1.29, 1.82) is 0 Å². The molecule has 2 atom stereocenters. The van der Waals surface area contributed by atoms with E-state index in [1.54, 1.807) is 19.1 Å². The van der Waals surface area contributed by atoms with E-state index in [-0.39, 0.29) is 12.4 Å². The summed E-state index contributed by atoms with van der Waals surface area (Å²) in [5.74, 6) is 1.56. The third-order valence-corrected chi connectivity index (χ3v) is 2.59. The molecule has 1 aromatic carbocycles. The number of hydrogen-bond donors (Lipinski definition) is 2. The molecular formula is C12H20ClNO4. The maximum absolute atomic E-state index is 9.49. The second-order valence-corrected chi connectivity index (χ2v) is 3.73. The van der Waals surface area contributed by atoms with Crippen molar-refractivity contribution in [2.24, 2.45) is 5.73 Å². The highest BCUT2D eigenvalue weighted by Crippen LogP contribution is 2.39. The standard InChI is InChI=1S/C12H19NO4.ClH/c1-7(14)11(13)8-5-9(15-2)12(17-4)10(6-8)16-3;/h5-7,11,14H,13H2,1-4H3;1H/t7-,11-;/m1./s1. The minimum atomic E-state index is -0.655. The number of aliphatic hydroxyl groups is 1. The van der Waals surface area contributed by atoms with Gasteiger partial charge < -0.3 is 25.1 Å². The predicted molar refractivity (Wildman–Crippen MR) is 72.0 cm³/mol. The Labute approximate surface area is 113 Å². The summed E-state index contributed by atoms with van der Waals surface area (Å²) < 4.78 is 15.6. The minimum absolute atomic E-state index is 0. The lowest BCUT2D eigenvalue weighted by molar-refractivity contribution is 0.164. The topological polar surface area (TPSA) is 73.9 Å². The number of benzene rings is 1. The van der Waals surface area contributed by atoms with E-state index in [0.29, 0.717) is 17.2 Å². The van der Waals surface area contributed by atoms with Crippen LogP contribution in [0.2, 0.25) is 0 Å². The first kappa shape index (κ1) is 16.8. The van der Waals surface area contributed by atoms with Crippen molar-refractivity contribution in [2.75, 3.05) is 21.3 Å². The molecule has 0 radical (unpaired) electrons. The largest absolute Gasteiger partial charge is 0.493 e. The van der Waals surface area contributed by atoms with Crippen LogP contribution >= 0.6 is 12.4 Å². The maximum atomic E-state index is 9.49. The van der Waals surface area contributed by atoms with E-state index in [4.69, 9.17) is 19.9 Å². The summed E-state index contributed by atoms with van der Waals surface area (Å²) in [5, 5.41) is 9.49. The van der Waals surface area contributed by atoms with Gasteiger partial charge in [0.2, 0.25) is 5.75 Å². The molecule has 104 valence electrons. The summed E-state index contributed by atoms with van der Waals surface area (Å²) in [6.07, 6.45) is -0.655. The average molecular weight is 278 g/mol. The minimum Gasteiger partial charge on any atom is -0.493 e. The smallest absolute Gasteiger partial charge is 0.203 e. The van der Waals surface area contributed by atoms with Gasteiger partial charge in [0.1, 0.15) is 0 Å². The summed E-state index contributed by atoms with van der Waals surface area (Å²) in [6, 6.07) is 2.97. The van der Waals surface area contributed by atoms with Crippen molar-refractivity contribution in [1.82, 2.24) is 0 Å². The van der Waals surface area contributed by atoms with E-state index in [0.717, 1.165) is 5.56 Å². The van der Waals surface area contributed by atoms with E-state index in [1.165, 1.54) is 21.3 Å². The number of rotatable bonds is 5. The molecule has 0 aliphatic rings. The third kappa shape index (κ3) is 3.41. The lowest BCUT2D eigenvalue weighted by Gasteiger charge is -2.19. The molecule has 0 saturated heterocycles. The molecule has 0 unspecified atom stereocenters. The highest BCUT2D eigenvalue weighted by atomic mass is 35.5. The quantitative estimate of drug-likeness (QED) is 0.853. The first-order valence-corrected chi connectivity index (χ1v) is 5.28. The van der Waals surface area contributed by atoms with Gasteiger partial charge in [-0.2, -0.15) is 0 Å². The molecule has 0 fully saturated rings. The van der Waals surface area contributed by atoms with Gasteiger partial charge in [-0.1, -0.05) is 0 Å². The van der Waals surface area contributed by atoms with Crippen LogP contribution in [0.25, 0.3) is 0 Å². The van der Waals surface area contributed by atoms with Crippen molar-refractivity contribution >= 4 is 12.4 Å². The fourth-order valence-electron chi connectivity index (χ4n) is 1.57. The highest BCUT2D eigenvalue weighted by molar-refractivity contribution is 5.85. The predicted octanol–water partition coefficient (Wildman–Crippen LogP) is 1.51. The van der Waals surface area contributed by atoms with Gasteiger partial charge in [0.15, 0.2) is 11.5 Å². The van der Waals surface area contributed by atoms with Crippen LogP contribution in [0, 0.1) is 0 Å². The van der Waals surface area contributed by atoms with Crippen molar-refractivity contribution in [3.8, 4) is 17.2 Å². The summed E-state index contributed by atoms with van der Waals surface area (Å²) in [6.45, 7) is 1.63. The fraction of sp³-hybridized carbons (Fsp3) is 0.500. The molecular weight excluding hydrogens is 258 g/mol. The summed E-state index contributed by atoms with van der Waals surface area (Å²) >= 11 is 0. The van der Waals surface area contributed by atoms with E-state index in [9.17, 15) is 5.11 Å². The Bertz CT molecular complexity index is 359. The Balaban J connectivity index is 0.00000289. The molecule has 6 heteroatoms. The number of ether oxygens (including phenoxy) is 3. The van der Waals surface area contributed by atoms with Crippen molar-refractivity contribution in [3.63, 3.8) is 0 Å². The van der Waals surface area contributed by atoms with Crippen LogP contribution in [-0.2, 0) is 0 Å². The van der Waals surface area contributed by atoms with Crippen molar-refractivity contribution < 1.29 is 19.3 Å². The molecule has 18 heavy (non-hydrogen) atoms. The third-order valence-electron chi connectivity index (χ3n) is 2.59. The number of nitrogens with two attached hydrogens (primary N) is 1. The van der Waals surface area contributed by atoms with Gasteiger partial charge in [0.05, 0.1) is 33.5 Å². The van der Waals surface area contributed by atoms with Crippen LogP contribution in [0.5, 0.6) is 17.2 Å². The van der Waals surface area contributed by atoms with Crippen LogP contribution in [-0.4, -0.2) is 32.5 Å². The van der Waals surface area contributed by atoms with Crippen molar-refractivity contribution in [2.45, 2.75) is 19.1 Å². The maximum Gasteiger partial charge on any atom is 0.203 e. The average Bonchev–Trinajstić information content (AvgIpc) is 2.35. The second kappa shape index (κ2) is 7.31. The molecule has 3 N–H and O–H groups in total. The zero-order valence-corrected chi connectivity index (χ0v) is 11.8. The lowest BCUT2D eigenvalue weighted by atomic mass is 10.0. The molecule has 0 aromatic heterocycles. The lowest BCUT2D eigenvalue weighted by Crippen LogP contribution is -2.23. The molecule has 0 saturated carbocycles. The molecule has 5 nitrogen and oxygen atoms in total. The molecule has 0 amide bonds. The van der Waals surface area contributed by atoms with Crippen molar-refractivity contribution in [3.05, 3.63) is 17.7 Å². The number of hydrogen-bond acceptors (Lipinski definition) is 5. The van der Waals surface area contributed by atoms with Gasteiger partial charge in [-0.3, -0.25) is 0 Å². The normalized spacial score (nSPS) is 13.2. The van der Waals surface area contributed by atoms with Gasteiger partial charge in [0, 0.05) is 0 Å². The Kier molecular flexibility index (Phi) is 6.83. The molecule has 0 bridgehead atoms. The summed E-state index contributed by atoms with van der Waals surface area (Å²) in [5.41, 5.74) is 6.61. The Morgan fingerprint density at radius 2 is 1.50 bits per heavy atom. The van der Waals surface area contributed by atoms with Gasteiger partial charge in [-0.25, -0.2) is 0 Å². The van der Waals surface area contributed by atoms with E-state index in [2.05, 4.69) is 0 Å². The van der Waals surface area contributed by atoms with Crippen LogP contribution in [0.15, 0.2) is 12.1 Å². The first-order chi connectivity index (χ1) is 8.04. The van der Waals surface area contributed by atoms with Gasteiger partial charge >= 0.3 is 0 Å². The molecule has 0 aliphatic carbocycles. The van der Waals surface area contributed by atoms with E-state index >= 15 is 0 Å². The molecule has 1 rings (SSSR count). The molecule has 0 aliphatic heterocycles. The Morgan fingerprint density at radius 1 is 1.06 bits per heavy atom. The number of aliphatic hydroxyl groups excluding tert-OH is 1. The monoisotopic (exact) mass is 277 g/mol. The summed E-state index contributed by atoms with van der Waals surface area (Å²) in [4.78, 5) is 0. The SMILES string of the molecule is COc1cc([C@H](N)[C@@H](C)O)cc(OC)c1OC.Cl. The molecule has 1 aromatic rings. The molecule has 0 heterocycles. The van der Waals surface area contributed by atoms with Crippen LogP contribution in [0.3, 0.4) is 0 Å². The number of methoxy groups -OCH3 is 3. The number of halogens is 1. The Hall–Kier alpha value is -1.17. The zero-order valence-electron chi connectivity index (χ0n) is 11.0. The highest BCUT2D eigenvalue weighted by Gasteiger charge is 2.18. The first-order valence-electron chi connectivity index (χ1n) is 5.28. The van der Waals surface area contributed by atoms with E-state index < -0.39 is 12.1 Å². The van der Waals surface area contributed by atoms with Gasteiger partial charge in [-0.15, -0.1) is 12.4 Å². The van der Waals surface area contributed by atoms with Crippen LogP contribution in [0.4, 0.5) is 0 Å². The fourth-order valence-corrected chi connectivity index (χ4v) is 1.57. The van der Waals surface area contributed by atoms with Gasteiger partial charge in [0.25, 0.3) is 0 Å². The molecule has 0 spiro atoms. The summed E-state index contributed by atoms with van der Waals surface area (Å²) in [7, 11) is 4.61. The second-order valence-electron chi connectivity index (χ2n) is 3.73. The van der Waals surface area contributed by atoms with Crippen LogP contribution < -0.4 is 19.9 Å². The Morgan fingerprint density at radius 3 is 1.78 bits per heavy atom. The van der Waals surface area contributed by atoms with E-state index in [1.807, 2.05) is 0 Å². The van der Waals surface area contributed by atoms with Crippen LogP contribution in [0.1, 0.15) is 18.5 Å².